The van der Waals surface area contributed by atoms with E-state index >= 15 is 0 Å². The Kier molecular flexibility index (Phi) is 4.94. The highest BCUT2D eigenvalue weighted by Crippen LogP contribution is 2.33. The van der Waals surface area contributed by atoms with Gasteiger partial charge in [0.15, 0.2) is 0 Å². The monoisotopic (exact) mass is 382 g/mol. The number of ether oxygens (including phenoxy) is 1. The molecule has 1 unspecified atom stereocenters. The molecule has 2 aromatic heterocycles. The molecule has 0 fully saturated rings. The molecule has 7 heteroatoms. The van der Waals surface area contributed by atoms with Crippen LogP contribution in [0, 0.1) is 6.92 Å². The van der Waals surface area contributed by atoms with Gasteiger partial charge in [0.2, 0.25) is 5.91 Å². The molecule has 6 nitrogen and oxygen atoms in total. The summed E-state index contributed by atoms with van der Waals surface area (Å²) in [4.78, 5) is 26.9. The summed E-state index contributed by atoms with van der Waals surface area (Å²) in [6.07, 6.45) is 2.86. The van der Waals surface area contributed by atoms with Crippen molar-refractivity contribution in [1.82, 2.24) is 19.9 Å². The van der Waals surface area contributed by atoms with Gasteiger partial charge in [-0.1, -0.05) is 12.1 Å². The predicted octanol–water partition coefficient (Wildman–Crippen LogP) is 3.29. The number of amides is 1. The summed E-state index contributed by atoms with van der Waals surface area (Å²) >= 11 is 1.62. The average molecular weight is 382 g/mol. The molecule has 0 saturated heterocycles. The first-order valence-electron chi connectivity index (χ1n) is 8.99. The van der Waals surface area contributed by atoms with Gasteiger partial charge in [-0.2, -0.15) is 0 Å². The minimum Gasteiger partial charge on any atom is -0.497 e. The Morgan fingerprint density at radius 3 is 3.11 bits per heavy atom. The van der Waals surface area contributed by atoms with Gasteiger partial charge in [-0.05, 0) is 31.0 Å². The molecule has 1 atom stereocenters. The summed E-state index contributed by atoms with van der Waals surface area (Å²) in [5.74, 6) is 1.00. The first kappa shape index (κ1) is 17.7. The van der Waals surface area contributed by atoms with E-state index < -0.39 is 0 Å². The fourth-order valence-electron chi connectivity index (χ4n) is 3.55. The summed E-state index contributed by atoms with van der Waals surface area (Å²) in [7, 11) is 1.66. The third kappa shape index (κ3) is 3.73. The maximum absolute atomic E-state index is 12.9. The number of carbonyl (C=O) groups is 1. The lowest BCUT2D eigenvalue weighted by atomic mass is 9.90. The molecule has 3 aromatic rings. The normalized spacial score (nSPS) is 16.2. The lowest BCUT2D eigenvalue weighted by molar-refractivity contribution is -0.132. The Morgan fingerprint density at radius 1 is 1.44 bits per heavy atom. The number of imidazole rings is 1. The predicted molar refractivity (Wildman–Crippen MR) is 104 cm³/mol. The summed E-state index contributed by atoms with van der Waals surface area (Å²) in [6, 6.07) is 8.00. The molecule has 0 spiro atoms. The van der Waals surface area contributed by atoms with Crippen molar-refractivity contribution in [2.24, 2.45) is 0 Å². The number of nitrogens with one attached hydrogen (secondary N) is 1. The molecular weight excluding hydrogens is 360 g/mol. The Morgan fingerprint density at radius 2 is 2.33 bits per heavy atom. The van der Waals surface area contributed by atoms with E-state index in [1.807, 2.05) is 35.4 Å². The summed E-state index contributed by atoms with van der Waals surface area (Å²) in [5, 5.41) is 3.07. The second kappa shape index (κ2) is 7.52. The zero-order valence-electron chi connectivity index (χ0n) is 15.4. The smallest absolute Gasteiger partial charge is 0.223 e. The zero-order valence-corrected chi connectivity index (χ0v) is 16.3. The highest BCUT2D eigenvalue weighted by Gasteiger charge is 2.31. The number of thiazole rings is 1. The molecule has 140 valence electrons. The van der Waals surface area contributed by atoms with Crippen LogP contribution in [0.25, 0.3) is 0 Å². The van der Waals surface area contributed by atoms with Crippen molar-refractivity contribution >= 4 is 17.2 Å². The molecule has 0 radical (unpaired) electrons. The molecule has 1 aliphatic heterocycles. The van der Waals surface area contributed by atoms with Crippen LogP contribution < -0.4 is 4.74 Å². The Labute approximate surface area is 162 Å². The van der Waals surface area contributed by atoms with E-state index in [4.69, 9.17) is 4.74 Å². The molecule has 27 heavy (non-hydrogen) atoms. The number of fused-ring (bicyclic) bond motifs is 1. The van der Waals surface area contributed by atoms with Gasteiger partial charge in [-0.3, -0.25) is 4.79 Å². The van der Waals surface area contributed by atoms with Gasteiger partial charge in [0.1, 0.15) is 5.75 Å². The number of aryl methyl sites for hydroxylation is 2. The van der Waals surface area contributed by atoms with Crippen molar-refractivity contribution in [2.75, 3.05) is 13.7 Å². The van der Waals surface area contributed by atoms with E-state index in [2.05, 4.69) is 21.0 Å². The molecule has 4 rings (SSSR count). The second-order valence-corrected chi connectivity index (χ2v) is 7.79. The highest BCUT2D eigenvalue weighted by atomic mass is 32.1. The van der Waals surface area contributed by atoms with Gasteiger partial charge in [0.25, 0.3) is 0 Å². The molecule has 3 heterocycles. The first-order chi connectivity index (χ1) is 13.1. The van der Waals surface area contributed by atoms with Crippen LogP contribution in [-0.4, -0.2) is 39.4 Å². The molecule has 0 bridgehead atoms. The molecular formula is C20H22N4O2S. The minimum absolute atomic E-state index is 0.0422. The van der Waals surface area contributed by atoms with Crippen LogP contribution >= 0.6 is 11.3 Å². The maximum Gasteiger partial charge on any atom is 0.223 e. The summed E-state index contributed by atoms with van der Waals surface area (Å²) in [6.45, 7) is 3.18. The number of aromatic nitrogens is 3. The van der Waals surface area contributed by atoms with Crippen LogP contribution in [0.4, 0.5) is 0 Å². The van der Waals surface area contributed by atoms with Gasteiger partial charge in [-0.15, -0.1) is 11.3 Å². The largest absolute Gasteiger partial charge is 0.497 e. The minimum atomic E-state index is 0.0422. The van der Waals surface area contributed by atoms with Crippen molar-refractivity contribution in [3.63, 3.8) is 0 Å². The van der Waals surface area contributed by atoms with E-state index in [0.29, 0.717) is 25.9 Å². The number of aromatic amines is 1. The molecule has 1 amide bonds. The quantitative estimate of drug-likeness (QED) is 0.735. The van der Waals surface area contributed by atoms with Gasteiger partial charge in [0, 0.05) is 24.3 Å². The number of methoxy groups -OCH3 is 1. The second-order valence-electron chi connectivity index (χ2n) is 6.73. The lowest BCUT2D eigenvalue weighted by Gasteiger charge is -2.32. The topological polar surface area (TPSA) is 71.1 Å². The molecule has 1 aromatic carbocycles. The fourth-order valence-corrected chi connectivity index (χ4v) is 4.20. The summed E-state index contributed by atoms with van der Waals surface area (Å²) in [5.41, 5.74) is 4.12. The van der Waals surface area contributed by atoms with E-state index in [1.54, 1.807) is 24.8 Å². The van der Waals surface area contributed by atoms with Crippen LogP contribution in [0.5, 0.6) is 5.75 Å². The van der Waals surface area contributed by atoms with E-state index in [1.165, 1.54) is 0 Å². The molecule has 0 aliphatic carbocycles. The van der Waals surface area contributed by atoms with Crippen LogP contribution in [-0.2, 0) is 17.8 Å². The van der Waals surface area contributed by atoms with Gasteiger partial charge in [-0.25, -0.2) is 9.97 Å². The van der Waals surface area contributed by atoms with Crippen molar-refractivity contribution < 1.29 is 9.53 Å². The van der Waals surface area contributed by atoms with Gasteiger partial charge in [0.05, 0.1) is 42.1 Å². The number of hydrogen-bond acceptors (Lipinski definition) is 5. The lowest BCUT2D eigenvalue weighted by Crippen LogP contribution is -2.38. The first-order valence-corrected chi connectivity index (χ1v) is 9.87. The Bertz CT molecular complexity index is 949. The van der Waals surface area contributed by atoms with Crippen LogP contribution in [0.1, 0.15) is 40.0 Å². The molecule has 1 aliphatic rings. The SMILES string of the molecule is COc1cccc(C2CN(C(=O)CCc3csc(C)n3)Cc3[nH]cnc32)c1. The van der Waals surface area contributed by atoms with E-state index in [-0.39, 0.29) is 11.8 Å². The van der Waals surface area contributed by atoms with Gasteiger partial charge < -0.3 is 14.6 Å². The average Bonchev–Trinajstić information content (AvgIpc) is 3.33. The number of hydrogen-bond donors (Lipinski definition) is 1. The van der Waals surface area contributed by atoms with Crippen LogP contribution in [0.3, 0.4) is 0 Å². The van der Waals surface area contributed by atoms with E-state index in [0.717, 1.165) is 33.4 Å². The number of rotatable bonds is 5. The maximum atomic E-state index is 12.9. The molecule has 0 saturated carbocycles. The zero-order chi connectivity index (χ0) is 18.8. The number of carbonyl (C=O) groups excluding carboxylic acids is 1. The fraction of sp³-hybridized carbons (Fsp3) is 0.350. The van der Waals surface area contributed by atoms with Crippen molar-refractivity contribution in [3.8, 4) is 5.75 Å². The van der Waals surface area contributed by atoms with Crippen molar-refractivity contribution in [3.05, 3.63) is 63.6 Å². The summed E-state index contributed by atoms with van der Waals surface area (Å²) < 4.78 is 5.36. The molecule has 1 N–H and O–H groups in total. The Balaban J connectivity index is 1.53. The van der Waals surface area contributed by atoms with Crippen LogP contribution in [0.2, 0.25) is 0 Å². The number of benzene rings is 1. The third-order valence-corrected chi connectivity index (χ3v) is 5.77. The van der Waals surface area contributed by atoms with Crippen LogP contribution in [0.15, 0.2) is 36.0 Å². The third-order valence-electron chi connectivity index (χ3n) is 4.94. The highest BCUT2D eigenvalue weighted by molar-refractivity contribution is 7.09. The van der Waals surface area contributed by atoms with Crippen molar-refractivity contribution in [1.29, 1.82) is 0 Å². The number of H-pyrrole nitrogens is 1. The standard InChI is InChI=1S/C20H22N4O2S/c1-13-23-15(11-27-13)6-7-19(25)24-9-17(20-18(10-24)21-12-22-20)14-4-3-5-16(8-14)26-2/h3-5,8,11-12,17H,6-7,9-10H2,1-2H3,(H,21,22). The Hall–Kier alpha value is -2.67. The number of nitrogens with zero attached hydrogens (tertiary/aromatic N) is 3. The van der Waals surface area contributed by atoms with Crippen molar-refractivity contribution in [2.45, 2.75) is 32.2 Å². The van der Waals surface area contributed by atoms with Gasteiger partial charge >= 0.3 is 0 Å². The van der Waals surface area contributed by atoms with E-state index in [9.17, 15) is 4.79 Å².